The van der Waals surface area contributed by atoms with E-state index in [1.54, 1.807) is 4.31 Å². The van der Waals surface area contributed by atoms with Crippen molar-refractivity contribution in [2.24, 2.45) is 5.92 Å². The highest BCUT2D eigenvalue weighted by Crippen LogP contribution is 2.55. The molecule has 2 N–H and O–H groups in total. The molecule has 150 valence electrons. The Bertz CT molecular complexity index is 1310. The maximum atomic E-state index is 13.6. The molecule has 2 unspecified atom stereocenters. The number of benzene rings is 2. The van der Waals surface area contributed by atoms with Crippen molar-refractivity contribution >= 4 is 20.9 Å². The minimum absolute atomic E-state index is 0.0712. The molecule has 2 fully saturated rings. The third kappa shape index (κ3) is 2.63. The molecule has 1 aliphatic carbocycles. The second-order valence-corrected chi connectivity index (χ2v) is 9.75. The minimum Gasteiger partial charge on any atom is -0.307 e. The molecule has 3 aromatic rings. The van der Waals surface area contributed by atoms with Crippen LogP contribution in [0.2, 0.25) is 0 Å². The average Bonchev–Trinajstić information content (AvgIpc) is 2.69. The van der Waals surface area contributed by atoms with E-state index in [2.05, 4.69) is 9.97 Å². The number of sulfonamides is 1. The van der Waals surface area contributed by atoms with Crippen molar-refractivity contribution in [3.8, 4) is 0 Å². The number of hydrogen-bond acceptors (Lipinski definition) is 4. The molecule has 2 heterocycles. The Morgan fingerprint density at radius 2 is 1.79 bits per heavy atom. The van der Waals surface area contributed by atoms with Crippen LogP contribution in [0.3, 0.4) is 0 Å². The van der Waals surface area contributed by atoms with Gasteiger partial charge in [-0.05, 0) is 42.5 Å². The lowest BCUT2D eigenvalue weighted by molar-refractivity contribution is -0.0504. The molecule has 0 amide bonds. The van der Waals surface area contributed by atoms with Crippen molar-refractivity contribution in [1.29, 1.82) is 0 Å². The molecule has 0 spiro atoms. The zero-order chi connectivity index (χ0) is 20.2. The van der Waals surface area contributed by atoms with Gasteiger partial charge >= 0.3 is 5.69 Å². The molecule has 2 atom stereocenters. The predicted octanol–water partition coefficient (Wildman–Crippen LogP) is 2.31. The first kappa shape index (κ1) is 18.3. The molecule has 29 heavy (non-hydrogen) atoms. The predicted molar refractivity (Wildman–Crippen MR) is 109 cm³/mol. The molecule has 1 saturated heterocycles. The topological polar surface area (TPSA) is 103 Å². The van der Waals surface area contributed by atoms with Crippen molar-refractivity contribution in [2.75, 3.05) is 6.54 Å². The van der Waals surface area contributed by atoms with Crippen molar-refractivity contribution in [3.63, 3.8) is 0 Å². The number of H-pyrrole nitrogens is 2. The summed E-state index contributed by atoms with van der Waals surface area (Å²) >= 11 is 0. The lowest BCUT2D eigenvalue weighted by Gasteiger charge is -2.60. The maximum absolute atomic E-state index is 13.6. The molecular formula is C21H21N3O4S. The fourth-order valence-electron chi connectivity index (χ4n) is 5.04. The molecule has 0 radical (unpaired) electrons. The van der Waals surface area contributed by atoms with E-state index in [4.69, 9.17) is 0 Å². The van der Waals surface area contributed by atoms with Crippen LogP contribution in [0.25, 0.3) is 10.9 Å². The summed E-state index contributed by atoms with van der Waals surface area (Å²) in [5.74, 6) is 0.300. The number of fused-ring (bicyclic) bond motifs is 2. The zero-order valence-corrected chi connectivity index (χ0v) is 16.5. The Kier molecular flexibility index (Phi) is 4.04. The van der Waals surface area contributed by atoms with Crippen LogP contribution in [0.4, 0.5) is 0 Å². The highest BCUT2D eigenvalue weighted by atomic mass is 32.2. The van der Waals surface area contributed by atoms with Gasteiger partial charge in [0.05, 0.1) is 21.3 Å². The van der Waals surface area contributed by atoms with E-state index < -0.39 is 26.8 Å². The molecule has 0 bridgehead atoms. The van der Waals surface area contributed by atoms with Crippen LogP contribution >= 0.6 is 0 Å². The number of aromatic nitrogens is 2. The van der Waals surface area contributed by atoms with Crippen molar-refractivity contribution in [1.82, 2.24) is 14.3 Å². The van der Waals surface area contributed by atoms with E-state index in [0.717, 1.165) is 31.2 Å². The van der Waals surface area contributed by atoms with E-state index in [1.807, 2.05) is 30.3 Å². The SMILES string of the molecule is O=c1[nH]c(=O)c2cc(S(=O)(=O)N3CC4CCCCC43c3ccccc3)ccc2[nH]1. The fraction of sp³-hybridized carbons (Fsp3) is 0.333. The summed E-state index contributed by atoms with van der Waals surface area (Å²) in [6.45, 7) is 0.483. The zero-order valence-electron chi connectivity index (χ0n) is 15.7. The Morgan fingerprint density at radius 3 is 2.55 bits per heavy atom. The highest BCUT2D eigenvalue weighted by molar-refractivity contribution is 7.89. The van der Waals surface area contributed by atoms with Gasteiger partial charge in [0.25, 0.3) is 5.56 Å². The van der Waals surface area contributed by atoms with Crippen LogP contribution in [0, 0.1) is 5.92 Å². The Morgan fingerprint density at radius 1 is 1.00 bits per heavy atom. The first-order chi connectivity index (χ1) is 13.9. The van der Waals surface area contributed by atoms with Crippen LogP contribution in [0.15, 0.2) is 63.0 Å². The molecule has 8 heteroatoms. The smallest absolute Gasteiger partial charge is 0.307 e. The lowest BCUT2D eigenvalue weighted by Crippen LogP contribution is -2.67. The van der Waals surface area contributed by atoms with Gasteiger partial charge in [-0.15, -0.1) is 0 Å². The Labute approximate surface area is 167 Å². The molecule has 5 rings (SSSR count). The fourth-order valence-corrected chi connectivity index (χ4v) is 6.96. The minimum atomic E-state index is -3.81. The van der Waals surface area contributed by atoms with Gasteiger partial charge < -0.3 is 4.98 Å². The summed E-state index contributed by atoms with van der Waals surface area (Å²) in [5.41, 5.74) is -0.395. The van der Waals surface area contributed by atoms with Gasteiger partial charge in [-0.2, -0.15) is 4.31 Å². The molecule has 7 nitrogen and oxygen atoms in total. The summed E-state index contributed by atoms with van der Waals surface area (Å²) in [6.07, 6.45) is 3.91. The number of nitrogens with one attached hydrogen (secondary N) is 2. The summed E-state index contributed by atoms with van der Waals surface area (Å²) in [7, 11) is -3.81. The van der Waals surface area contributed by atoms with Crippen LogP contribution in [-0.2, 0) is 15.6 Å². The van der Waals surface area contributed by atoms with Gasteiger partial charge in [0.2, 0.25) is 10.0 Å². The third-order valence-electron chi connectivity index (χ3n) is 6.44. The Balaban J connectivity index is 1.64. The van der Waals surface area contributed by atoms with Gasteiger partial charge in [0, 0.05) is 6.54 Å². The molecule has 2 aliphatic rings. The quantitative estimate of drug-likeness (QED) is 0.690. The molecular weight excluding hydrogens is 390 g/mol. The third-order valence-corrected chi connectivity index (χ3v) is 8.34. The first-order valence-electron chi connectivity index (χ1n) is 9.78. The van der Waals surface area contributed by atoms with E-state index in [9.17, 15) is 18.0 Å². The van der Waals surface area contributed by atoms with Crippen LogP contribution in [0.1, 0.15) is 31.2 Å². The summed E-state index contributed by atoms with van der Waals surface area (Å²) < 4.78 is 28.8. The normalized spacial score (nSPS) is 24.8. The second-order valence-electron chi connectivity index (χ2n) is 7.88. The number of hydrogen-bond donors (Lipinski definition) is 2. The standard InChI is InChI=1S/C21H21N3O4S/c25-19-17-12-16(9-10-18(17)22-20(26)23-19)29(27,28)24-13-15-8-4-5-11-21(15,24)14-6-2-1-3-7-14/h1-3,6-7,9-10,12,15H,4-5,8,11,13H2,(H2,22,23,25,26). The molecule has 1 aromatic heterocycles. The summed E-state index contributed by atoms with van der Waals surface area (Å²) in [6, 6.07) is 14.1. The number of aromatic amines is 2. The molecule has 1 aliphatic heterocycles. The summed E-state index contributed by atoms with van der Waals surface area (Å²) in [4.78, 5) is 28.4. The molecule has 2 aromatic carbocycles. The van der Waals surface area contributed by atoms with Gasteiger partial charge in [0.1, 0.15) is 0 Å². The van der Waals surface area contributed by atoms with Crippen molar-refractivity contribution in [2.45, 2.75) is 36.1 Å². The first-order valence-corrected chi connectivity index (χ1v) is 11.2. The van der Waals surface area contributed by atoms with E-state index >= 15 is 0 Å². The second kappa shape index (κ2) is 6.40. The van der Waals surface area contributed by atoms with Gasteiger partial charge in [-0.3, -0.25) is 9.78 Å². The highest BCUT2D eigenvalue weighted by Gasteiger charge is 2.59. The van der Waals surface area contributed by atoms with Crippen molar-refractivity contribution in [3.05, 3.63) is 74.9 Å². The summed E-state index contributed by atoms with van der Waals surface area (Å²) in [5, 5.41) is 0.153. The van der Waals surface area contributed by atoms with Crippen LogP contribution < -0.4 is 11.2 Å². The van der Waals surface area contributed by atoms with Crippen molar-refractivity contribution < 1.29 is 8.42 Å². The van der Waals surface area contributed by atoms with Crippen LogP contribution in [-0.4, -0.2) is 29.2 Å². The maximum Gasteiger partial charge on any atom is 0.326 e. The average molecular weight is 411 g/mol. The number of nitrogens with zero attached hydrogens (tertiary/aromatic N) is 1. The Hall–Kier alpha value is -2.71. The van der Waals surface area contributed by atoms with Gasteiger partial charge in [-0.25, -0.2) is 13.2 Å². The number of rotatable bonds is 3. The lowest BCUT2D eigenvalue weighted by atomic mass is 9.63. The molecule has 1 saturated carbocycles. The van der Waals surface area contributed by atoms with E-state index in [0.29, 0.717) is 18.0 Å². The largest absolute Gasteiger partial charge is 0.326 e. The van der Waals surface area contributed by atoms with Gasteiger partial charge in [-0.1, -0.05) is 43.2 Å². The van der Waals surface area contributed by atoms with Gasteiger partial charge in [0.15, 0.2) is 0 Å². The van der Waals surface area contributed by atoms with Crippen LogP contribution in [0.5, 0.6) is 0 Å². The van der Waals surface area contributed by atoms with E-state index in [-0.39, 0.29) is 10.3 Å². The van der Waals surface area contributed by atoms with E-state index in [1.165, 1.54) is 18.2 Å². The monoisotopic (exact) mass is 411 g/mol.